The van der Waals surface area contributed by atoms with Crippen LogP contribution < -0.4 is 15.4 Å². The third-order valence-electron chi connectivity index (χ3n) is 6.61. The van der Waals surface area contributed by atoms with Crippen molar-refractivity contribution in [1.82, 2.24) is 25.7 Å². The number of benzene rings is 2. The largest absolute Gasteiger partial charge is 0.497 e. The number of ether oxygens (including phenoxy) is 1. The summed E-state index contributed by atoms with van der Waals surface area (Å²) in [4.78, 5) is 39.9. The molecule has 4 aromatic rings. The van der Waals surface area contributed by atoms with Crippen LogP contribution in [-0.4, -0.2) is 46.6 Å². The smallest absolute Gasteiger partial charge is 0.322 e. The second-order valence-corrected chi connectivity index (χ2v) is 8.80. The Bertz CT molecular complexity index is 1560. The van der Waals surface area contributed by atoms with Crippen LogP contribution in [0.3, 0.4) is 0 Å². The van der Waals surface area contributed by atoms with Crippen LogP contribution in [-0.2, 0) is 16.9 Å². The molecule has 36 heavy (non-hydrogen) atoms. The topological polar surface area (TPSA) is 140 Å². The molecule has 0 saturated carbocycles. The summed E-state index contributed by atoms with van der Waals surface area (Å²) in [6.45, 7) is 2.31. The minimum Gasteiger partial charge on any atom is -0.497 e. The zero-order valence-electron chi connectivity index (χ0n) is 19.5. The lowest BCUT2D eigenvalue weighted by Crippen LogP contribution is -2.46. The Morgan fingerprint density at radius 1 is 1.08 bits per heavy atom. The highest BCUT2D eigenvalue weighted by Gasteiger charge is 2.50. The first-order chi connectivity index (χ1) is 17.4. The summed E-state index contributed by atoms with van der Waals surface area (Å²) in [5.41, 5.74) is 1.12. The van der Waals surface area contributed by atoms with Gasteiger partial charge in [-0.25, -0.2) is 4.79 Å². The van der Waals surface area contributed by atoms with Crippen molar-refractivity contribution in [2.75, 3.05) is 13.7 Å². The minimum atomic E-state index is -1.47. The van der Waals surface area contributed by atoms with Crippen molar-refractivity contribution in [3.8, 4) is 17.2 Å². The van der Waals surface area contributed by atoms with E-state index in [0.717, 1.165) is 10.9 Å². The Morgan fingerprint density at radius 2 is 1.94 bits per heavy atom. The van der Waals surface area contributed by atoms with Gasteiger partial charge in [0.15, 0.2) is 5.54 Å². The summed E-state index contributed by atoms with van der Waals surface area (Å²) in [6, 6.07) is 11.8. The molecule has 0 bridgehead atoms. The molecule has 4 heterocycles. The number of furan rings is 1. The van der Waals surface area contributed by atoms with E-state index in [2.05, 4.69) is 20.8 Å². The van der Waals surface area contributed by atoms with Crippen molar-refractivity contribution in [3.63, 3.8) is 0 Å². The SMILES string of the molecule is COc1ccc2c(c1)C(=O)N(CCC1(c3cc4ccc(-c5nnc(C)o5)cc4o3)NC(=O)NC1=O)C2. The zero-order chi connectivity index (χ0) is 25.0. The molecular formula is C25H21N5O6. The van der Waals surface area contributed by atoms with Gasteiger partial charge in [-0.15, -0.1) is 10.2 Å². The number of carbonyl (C=O) groups is 3. The van der Waals surface area contributed by atoms with E-state index in [-0.39, 0.29) is 24.6 Å². The Morgan fingerprint density at radius 3 is 2.67 bits per heavy atom. The Kier molecular flexibility index (Phi) is 4.82. The molecule has 0 spiro atoms. The molecule has 1 fully saturated rings. The van der Waals surface area contributed by atoms with Crippen LogP contribution in [0, 0.1) is 6.92 Å². The number of carbonyl (C=O) groups excluding carboxylic acids is 3. The number of urea groups is 1. The summed E-state index contributed by atoms with van der Waals surface area (Å²) in [7, 11) is 1.55. The summed E-state index contributed by atoms with van der Waals surface area (Å²) < 4.78 is 16.8. The number of hydrogen-bond acceptors (Lipinski definition) is 8. The number of aryl methyl sites for hydroxylation is 1. The molecule has 4 amide bonds. The third kappa shape index (κ3) is 3.39. The van der Waals surface area contributed by atoms with E-state index in [9.17, 15) is 14.4 Å². The van der Waals surface area contributed by atoms with Gasteiger partial charge in [0.1, 0.15) is 17.1 Å². The average molecular weight is 487 g/mol. The summed E-state index contributed by atoms with van der Waals surface area (Å²) in [6.07, 6.45) is 0.122. The highest BCUT2D eigenvalue weighted by Crippen LogP contribution is 2.36. The van der Waals surface area contributed by atoms with Crippen LogP contribution >= 0.6 is 0 Å². The van der Waals surface area contributed by atoms with E-state index < -0.39 is 17.5 Å². The molecule has 2 aliphatic rings. The van der Waals surface area contributed by atoms with Gasteiger partial charge in [-0.3, -0.25) is 14.9 Å². The van der Waals surface area contributed by atoms with Gasteiger partial charge in [0.05, 0.1) is 7.11 Å². The molecule has 2 aromatic heterocycles. The number of nitrogens with zero attached hydrogens (tertiary/aromatic N) is 3. The van der Waals surface area contributed by atoms with Crippen molar-refractivity contribution in [2.24, 2.45) is 0 Å². The molecule has 6 rings (SSSR count). The van der Waals surface area contributed by atoms with Gasteiger partial charge < -0.3 is 23.8 Å². The van der Waals surface area contributed by atoms with E-state index in [0.29, 0.717) is 40.8 Å². The van der Waals surface area contributed by atoms with Crippen molar-refractivity contribution < 1.29 is 28.0 Å². The highest BCUT2D eigenvalue weighted by atomic mass is 16.5. The Labute approximate surface area is 204 Å². The molecule has 1 atom stereocenters. The molecule has 2 aliphatic heterocycles. The van der Waals surface area contributed by atoms with E-state index in [1.807, 2.05) is 18.2 Å². The quantitative estimate of drug-likeness (QED) is 0.396. The van der Waals surface area contributed by atoms with E-state index in [1.165, 1.54) is 0 Å². The van der Waals surface area contributed by atoms with E-state index in [1.54, 1.807) is 43.2 Å². The van der Waals surface area contributed by atoms with Crippen molar-refractivity contribution in [3.05, 3.63) is 65.2 Å². The molecule has 11 heteroatoms. The summed E-state index contributed by atoms with van der Waals surface area (Å²) >= 11 is 0. The molecule has 182 valence electrons. The summed E-state index contributed by atoms with van der Waals surface area (Å²) in [5.74, 6) is 0.952. The van der Waals surface area contributed by atoms with Gasteiger partial charge in [-0.1, -0.05) is 12.1 Å². The molecule has 1 unspecified atom stereocenters. The number of imide groups is 1. The molecule has 1 saturated heterocycles. The normalized spacial score (nSPS) is 19.1. The van der Waals surface area contributed by atoms with Gasteiger partial charge >= 0.3 is 6.03 Å². The first-order valence-electron chi connectivity index (χ1n) is 11.3. The minimum absolute atomic E-state index is 0.122. The molecule has 11 nitrogen and oxygen atoms in total. The van der Waals surface area contributed by atoms with E-state index in [4.69, 9.17) is 13.6 Å². The van der Waals surface area contributed by atoms with Crippen LogP contribution in [0.1, 0.15) is 34.0 Å². The fraction of sp³-hybridized carbons (Fsp3) is 0.240. The lowest BCUT2D eigenvalue weighted by Gasteiger charge is -2.26. The molecule has 2 N–H and O–H groups in total. The lowest BCUT2D eigenvalue weighted by atomic mass is 9.91. The van der Waals surface area contributed by atoms with E-state index >= 15 is 0 Å². The average Bonchev–Trinajstić information content (AvgIpc) is 3.63. The number of methoxy groups -OCH3 is 1. The fourth-order valence-electron chi connectivity index (χ4n) is 4.70. The monoisotopic (exact) mass is 487 g/mol. The van der Waals surface area contributed by atoms with Gasteiger partial charge in [0.2, 0.25) is 11.8 Å². The maximum Gasteiger partial charge on any atom is 0.322 e. The first-order valence-corrected chi connectivity index (χ1v) is 11.3. The Balaban J connectivity index is 1.31. The second kappa shape index (κ2) is 7.94. The second-order valence-electron chi connectivity index (χ2n) is 8.80. The molecule has 0 radical (unpaired) electrons. The van der Waals surface area contributed by atoms with Crippen molar-refractivity contribution >= 4 is 28.8 Å². The fourth-order valence-corrected chi connectivity index (χ4v) is 4.70. The third-order valence-corrected chi connectivity index (χ3v) is 6.61. The number of fused-ring (bicyclic) bond motifs is 2. The molecule has 0 aliphatic carbocycles. The first kappa shape index (κ1) is 21.8. The predicted molar refractivity (Wildman–Crippen MR) is 125 cm³/mol. The molecule has 2 aromatic carbocycles. The number of nitrogens with one attached hydrogen (secondary N) is 2. The van der Waals surface area contributed by atoms with Crippen LogP contribution in [0.5, 0.6) is 5.75 Å². The number of amides is 4. The van der Waals surface area contributed by atoms with Gasteiger partial charge in [0.25, 0.3) is 11.8 Å². The lowest BCUT2D eigenvalue weighted by molar-refractivity contribution is -0.125. The van der Waals surface area contributed by atoms with Crippen LogP contribution in [0.15, 0.2) is 51.3 Å². The van der Waals surface area contributed by atoms with Gasteiger partial charge in [0, 0.05) is 42.9 Å². The number of aromatic nitrogens is 2. The number of hydrogen-bond donors (Lipinski definition) is 2. The molecular weight excluding hydrogens is 466 g/mol. The summed E-state index contributed by atoms with van der Waals surface area (Å²) in [5, 5.41) is 13.6. The van der Waals surface area contributed by atoms with Crippen LogP contribution in [0.4, 0.5) is 4.79 Å². The van der Waals surface area contributed by atoms with Crippen molar-refractivity contribution in [2.45, 2.75) is 25.4 Å². The van der Waals surface area contributed by atoms with Crippen molar-refractivity contribution in [1.29, 1.82) is 0 Å². The predicted octanol–water partition coefficient (Wildman–Crippen LogP) is 2.88. The van der Waals surface area contributed by atoms with Gasteiger partial charge in [-0.2, -0.15) is 0 Å². The van der Waals surface area contributed by atoms with Crippen LogP contribution in [0.25, 0.3) is 22.4 Å². The van der Waals surface area contributed by atoms with Gasteiger partial charge in [-0.05, 0) is 35.9 Å². The zero-order valence-corrected chi connectivity index (χ0v) is 19.5. The highest BCUT2D eigenvalue weighted by molar-refractivity contribution is 6.07. The van der Waals surface area contributed by atoms with Crippen LogP contribution in [0.2, 0.25) is 0 Å². The standard InChI is InChI=1S/C25H21N5O6/c1-13-28-29-21(35-13)15-4-3-14-10-20(36-19(14)9-15)25(23(32)26-24(33)27-25)7-8-30-12-16-5-6-17(34-2)11-18(16)22(30)31/h3-6,9-11H,7-8,12H2,1-2H3,(H2,26,27,32,33). The maximum absolute atomic E-state index is 13.1. The number of rotatable bonds is 6. The Hall–Kier alpha value is -4.67. The maximum atomic E-state index is 13.1.